The van der Waals surface area contributed by atoms with Gasteiger partial charge in [0.1, 0.15) is 5.75 Å². The molecule has 1 heterocycles. The summed E-state index contributed by atoms with van der Waals surface area (Å²) in [5, 5.41) is 2.79. The second-order valence-electron chi connectivity index (χ2n) is 3.99. The molecular formula is C14H13BrN2O2. The number of benzene rings is 1. The third kappa shape index (κ3) is 3.32. The minimum absolute atomic E-state index is 0.186. The molecule has 4 nitrogen and oxygen atoms in total. The Balaban J connectivity index is 2.16. The van der Waals surface area contributed by atoms with Crippen LogP contribution in [0.25, 0.3) is 0 Å². The van der Waals surface area contributed by atoms with E-state index in [0.29, 0.717) is 17.0 Å². The first-order valence-corrected chi connectivity index (χ1v) is 6.47. The van der Waals surface area contributed by atoms with Gasteiger partial charge in [-0.3, -0.25) is 9.78 Å². The number of anilines is 1. The molecule has 2 rings (SSSR count). The highest BCUT2D eigenvalue weighted by molar-refractivity contribution is 9.10. The zero-order chi connectivity index (χ0) is 13.8. The summed E-state index contributed by atoms with van der Waals surface area (Å²) in [6, 6.07) is 8.83. The molecule has 0 saturated carbocycles. The summed E-state index contributed by atoms with van der Waals surface area (Å²) in [6.07, 6.45) is 1.63. The molecule has 0 aliphatic heterocycles. The molecule has 2 aromatic rings. The molecule has 0 spiro atoms. The summed E-state index contributed by atoms with van der Waals surface area (Å²) < 4.78 is 5.86. The van der Waals surface area contributed by atoms with Crippen molar-refractivity contribution in [3.05, 3.63) is 52.3 Å². The molecule has 0 bridgehead atoms. The normalized spacial score (nSPS) is 10.1. The first kappa shape index (κ1) is 13.5. The van der Waals surface area contributed by atoms with Gasteiger partial charge in [0.15, 0.2) is 0 Å². The monoisotopic (exact) mass is 320 g/mol. The summed E-state index contributed by atoms with van der Waals surface area (Å²) in [4.78, 5) is 16.2. The Morgan fingerprint density at radius 3 is 2.68 bits per heavy atom. The van der Waals surface area contributed by atoms with Crippen LogP contribution in [-0.4, -0.2) is 18.0 Å². The summed E-state index contributed by atoms with van der Waals surface area (Å²) in [5.41, 5.74) is 2.13. The number of aromatic nitrogens is 1. The van der Waals surface area contributed by atoms with E-state index in [-0.39, 0.29) is 5.91 Å². The van der Waals surface area contributed by atoms with Gasteiger partial charge in [-0.1, -0.05) is 0 Å². The number of ether oxygens (including phenoxy) is 1. The molecule has 0 unspecified atom stereocenters. The van der Waals surface area contributed by atoms with E-state index < -0.39 is 0 Å². The van der Waals surface area contributed by atoms with Crippen LogP contribution in [0, 0.1) is 6.92 Å². The summed E-state index contributed by atoms with van der Waals surface area (Å²) in [7, 11) is 1.58. The van der Waals surface area contributed by atoms with E-state index in [2.05, 4.69) is 26.2 Å². The van der Waals surface area contributed by atoms with Crippen molar-refractivity contribution in [3.8, 4) is 5.75 Å². The molecule has 0 saturated heterocycles. The minimum atomic E-state index is -0.186. The van der Waals surface area contributed by atoms with Crippen molar-refractivity contribution in [2.75, 3.05) is 12.4 Å². The van der Waals surface area contributed by atoms with Gasteiger partial charge in [-0.25, -0.2) is 0 Å². The van der Waals surface area contributed by atoms with Crippen LogP contribution in [-0.2, 0) is 0 Å². The van der Waals surface area contributed by atoms with Crippen LogP contribution in [0.1, 0.15) is 16.1 Å². The van der Waals surface area contributed by atoms with Crippen molar-refractivity contribution in [3.63, 3.8) is 0 Å². The van der Waals surface area contributed by atoms with Gasteiger partial charge < -0.3 is 10.1 Å². The van der Waals surface area contributed by atoms with E-state index in [0.717, 1.165) is 10.2 Å². The number of hydrogen-bond donors (Lipinski definition) is 1. The summed E-state index contributed by atoms with van der Waals surface area (Å²) in [6.45, 7) is 1.90. The van der Waals surface area contributed by atoms with Gasteiger partial charge in [0.25, 0.3) is 5.91 Å². The Morgan fingerprint density at radius 2 is 2.11 bits per heavy atom. The zero-order valence-electron chi connectivity index (χ0n) is 10.6. The number of halogens is 1. The van der Waals surface area contributed by atoms with Gasteiger partial charge >= 0.3 is 0 Å². The molecule has 0 atom stereocenters. The van der Waals surface area contributed by atoms with E-state index in [1.165, 1.54) is 0 Å². The van der Waals surface area contributed by atoms with Crippen molar-refractivity contribution >= 4 is 27.5 Å². The molecule has 1 N–H and O–H groups in total. The highest BCUT2D eigenvalue weighted by atomic mass is 79.9. The van der Waals surface area contributed by atoms with Gasteiger partial charge in [-0.05, 0) is 53.2 Å². The number of methoxy groups -OCH3 is 1. The maximum atomic E-state index is 12.1. The lowest BCUT2D eigenvalue weighted by atomic mass is 10.2. The lowest BCUT2D eigenvalue weighted by molar-refractivity contribution is 0.102. The minimum Gasteiger partial charge on any atom is -0.496 e. The van der Waals surface area contributed by atoms with E-state index in [1.807, 2.05) is 19.1 Å². The third-order valence-electron chi connectivity index (χ3n) is 2.58. The van der Waals surface area contributed by atoms with Crippen LogP contribution in [0.2, 0.25) is 0 Å². The maximum absolute atomic E-state index is 12.1. The van der Waals surface area contributed by atoms with Crippen molar-refractivity contribution < 1.29 is 9.53 Å². The second kappa shape index (κ2) is 5.84. The second-order valence-corrected chi connectivity index (χ2v) is 4.85. The van der Waals surface area contributed by atoms with Crippen LogP contribution in [0.15, 0.2) is 41.0 Å². The topological polar surface area (TPSA) is 51.2 Å². The number of pyridine rings is 1. The molecule has 5 heteroatoms. The molecule has 0 fully saturated rings. The van der Waals surface area contributed by atoms with Crippen LogP contribution in [0.3, 0.4) is 0 Å². The van der Waals surface area contributed by atoms with E-state index >= 15 is 0 Å². The Labute approximate surface area is 119 Å². The third-order valence-corrected chi connectivity index (χ3v) is 3.20. The van der Waals surface area contributed by atoms with Crippen molar-refractivity contribution in [1.29, 1.82) is 0 Å². The molecule has 1 aromatic heterocycles. The van der Waals surface area contributed by atoms with Crippen molar-refractivity contribution in [2.45, 2.75) is 6.92 Å². The van der Waals surface area contributed by atoms with Gasteiger partial charge in [0.05, 0.1) is 23.5 Å². The lowest BCUT2D eigenvalue weighted by Gasteiger charge is -2.07. The standard InChI is InChI=1S/C14H13BrN2O2/c1-9-3-5-11(8-16-9)17-14(18)10-4-6-13(19-2)12(15)7-10/h3-8H,1-2H3,(H,17,18). The van der Waals surface area contributed by atoms with Crippen LogP contribution in [0.5, 0.6) is 5.75 Å². The molecular weight excluding hydrogens is 308 g/mol. The number of rotatable bonds is 3. The predicted molar refractivity (Wildman–Crippen MR) is 77.6 cm³/mol. The quantitative estimate of drug-likeness (QED) is 0.942. The van der Waals surface area contributed by atoms with Crippen LogP contribution >= 0.6 is 15.9 Å². The van der Waals surface area contributed by atoms with E-state index in [4.69, 9.17) is 4.74 Å². The number of carbonyl (C=O) groups is 1. The SMILES string of the molecule is COc1ccc(C(=O)Nc2ccc(C)nc2)cc1Br. The number of hydrogen-bond acceptors (Lipinski definition) is 3. The summed E-state index contributed by atoms with van der Waals surface area (Å²) >= 11 is 3.35. The smallest absolute Gasteiger partial charge is 0.255 e. The number of nitrogens with one attached hydrogen (secondary N) is 1. The molecule has 1 amide bonds. The molecule has 0 aliphatic carbocycles. The van der Waals surface area contributed by atoms with Gasteiger partial charge in [0, 0.05) is 11.3 Å². The van der Waals surface area contributed by atoms with E-state index in [9.17, 15) is 4.79 Å². The molecule has 19 heavy (non-hydrogen) atoms. The fourth-order valence-corrected chi connectivity index (χ4v) is 2.09. The molecule has 0 aliphatic rings. The fraction of sp³-hybridized carbons (Fsp3) is 0.143. The molecule has 1 aromatic carbocycles. The highest BCUT2D eigenvalue weighted by Crippen LogP contribution is 2.25. The maximum Gasteiger partial charge on any atom is 0.255 e. The van der Waals surface area contributed by atoms with Crippen LogP contribution < -0.4 is 10.1 Å². The Morgan fingerprint density at radius 1 is 1.32 bits per heavy atom. The zero-order valence-corrected chi connectivity index (χ0v) is 12.2. The number of amides is 1. The molecule has 98 valence electrons. The number of carbonyl (C=O) groups excluding carboxylic acids is 1. The average Bonchev–Trinajstić information content (AvgIpc) is 2.41. The lowest BCUT2D eigenvalue weighted by Crippen LogP contribution is -2.12. The number of nitrogens with zero attached hydrogens (tertiary/aromatic N) is 1. The van der Waals surface area contributed by atoms with Gasteiger partial charge in [-0.15, -0.1) is 0 Å². The van der Waals surface area contributed by atoms with E-state index in [1.54, 1.807) is 31.5 Å². The Kier molecular flexibility index (Phi) is 4.16. The van der Waals surface area contributed by atoms with Gasteiger partial charge in [-0.2, -0.15) is 0 Å². The largest absolute Gasteiger partial charge is 0.496 e. The number of aryl methyl sites for hydroxylation is 1. The first-order valence-electron chi connectivity index (χ1n) is 5.67. The van der Waals surface area contributed by atoms with Crippen molar-refractivity contribution in [1.82, 2.24) is 4.98 Å². The molecule has 0 radical (unpaired) electrons. The predicted octanol–water partition coefficient (Wildman–Crippen LogP) is 3.41. The van der Waals surface area contributed by atoms with Crippen LogP contribution in [0.4, 0.5) is 5.69 Å². The Bertz CT molecular complexity index is 597. The summed E-state index contributed by atoms with van der Waals surface area (Å²) in [5.74, 6) is 0.502. The first-order chi connectivity index (χ1) is 9.10. The average molecular weight is 321 g/mol. The fourth-order valence-electron chi connectivity index (χ4n) is 1.55. The Hall–Kier alpha value is -1.88. The highest BCUT2D eigenvalue weighted by Gasteiger charge is 2.09. The van der Waals surface area contributed by atoms with Gasteiger partial charge in [0.2, 0.25) is 0 Å². The van der Waals surface area contributed by atoms with Crippen molar-refractivity contribution in [2.24, 2.45) is 0 Å².